The van der Waals surface area contributed by atoms with E-state index in [0.717, 1.165) is 0 Å². The maximum atomic E-state index is 12.3. The highest BCUT2D eigenvalue weighted by molar-refractivity contribution is 6.17. The molecule has 1 aromatic rings. The van der Waals surface area contributed by atoms with Crippen molar-refractivity contribution in [2.24, 2.45) is 0 Å². The number of alkyl halides is 3. The molecule has 1 aromatic heterocycles. The van der Waals surface area contributed by atoms with Crippen molar-refractivity contribution in [3.05, 3.63) is 23.0 Å². The van der Waals surface area contributed by atoms with Gasteiger partial charge in [-0.15, -0.1) is 11.6 Å². The summed E-state index contributed by atoms with van der Waals surface area (Å²) >= 11 is 5.48. The number of nitrogen functional groups attached to an aromatic ring is 1. The summed E-state index contributed by atoms with van der Waals surface area (Å²) in [5.74, 6) is 0.0175. The molecule has 0 amide bonds. The van der Waals surface area contributed by atoms with E-state index in [1.165, 1.54) is 6.07 Å². The minimum Gasteiger partial charge on any atom is -0.397 e. The average molecular weight is 218 g/mol. The van der Waals surface area contributed by atoms with Crippen LogP contribution in [-0.4, -0.2) is 4.98 Å². The van der Waals surface area contributed by atoms with Crippen LogP contribution in [0.3, 0.4) is 0 Å². The van der Waals surface area contributed by atoms with Crippen molar-refractivity contribution in [1.29, 1.82) is 5.26 Å². The molecule has 0 aliphatic carbocycles. The fourth-order valence-corrected chi connectivity index (χ4v) is 1.16. The number of hydrogen-bond donors (Lipinski definition) is 1. The molecule has 6 heteroatoms. The van der Waals surface area contributed by atoms with Crippen LogP contribution in [0.2, 0.25) is 0 Å². The average Bonchev–Trinajstić information content (AvgIpc) is 2.16. The van der Waals surface area contributed by atoms with Crippen molar-refractivity contribution < 1.29 is 8.78 Å². The van der Waals surface area contributed by atoms with E-state index in [0.29, 0.717) is 5.56 Å². The molecular weight excluding hydrogens is 212 g/mol. The lowest BCUT2D eigenvalue weighted by atomic mass is 10.2. The smallest absolute Gasteiger partial charge is 0.282 e. The molecule has 0 unspecified atom stereocenters. The van der Waals surface area contributed by atoms with Crippen LogP contribution in [0.15, 0.2) is 6.07 Å². The third-order valence-corrected chi connectivity index (χ3v) is 1.91. The monoisotopic (exact) mass is 217 g/mol. The molecular formula is C8H6ClF2N3. The maximum Gasteiger partial charge on any atom is 0.282 e. The van der Waals surface area contributed by atoms with Crippen LogP contribution in [-0.2, 0) is 5.88 Å². The highest BCUT2D eigenvalue weighted by Gasteiger charge is 2.16. The van der Waals surface area contributed by atoms with E-state index in [1.54, 1.807) is 6.07 Å². The van der Waals surface area contributed by atoms with Crippen molar-refractivity contribution in [2.75, 3.05) is 5.73 Å². The topological polar surface area (TPSA) is 62.7 Å². The minimum absolute atomic E-state index is 0.0175. The fraction of sp³-hybridized carbons (Fsp3) is 0.250. The van der Waals surface area contributed by atoms with Crippen LogP contribution in [0.5, 0.6) is 0 Å². The second kappa shape index (κ2) is 4.20. The van der Waals surface area contributed by atoms with Crippen molar-refractivity contribution in [3.8, 4) is 6.07 Å². The van der Waals surface area contributed by atoms with Gasteiger partial charge in [-0.2, -0.15) is 5.26 Å². The van der Waals surface area contributed by atoms with E-state index < -0.39 is 12.1 Å². The molecule has 14 heavy (non-hydrogen) atoms. The molecule has 0 saturated carbocycles. The standard InChI is InChI=1S/C8H6ClF2N3/c9-2-4-1-5(13)7(8(10)11)14-6(4)3-12/h1,8H,2,13H2. The summed E-state index contributed by atoms with van der Waals surface area (Å²) in [7, 11) is 0. The van der Waals surface area contributed by atoms with Gasteiger partial charge in [0.2, 0.25) is 0 Å². The molecule has 0 fully saturated rings. The van der Waals surface area contributed by atoms with Gasteiger partial charge in [0.05, 0.1) is 11.6 Å². The Balaban J connectivity index is 3.32. The van der Waals surface area contributed by atoms with Gasteiger partial charge in [-0.05, 0) is 6.07 Å². The molecule has 0 atom stereocenters. The Bertz CT molecular complexity index is 387. The summed E-state index contributed by atoms with van der Waals surface area (Å²) in [6.45, 7) is 0. The molecule has 0 aliphatic heterocycles. The van der Waals surface area contributed by atoms with Crippen LogP contribution in [0, 0.1) is 11.3 Å². The first-order chi connectivity index (χ1) is 6.60. The van der Waals surface area contributed by atoms with E-state index >= 15 is 0 Å². The molecule has 1 heterocycles. The fourth-order valence-electron chi connectivity index (χ4n) is 0.960. The second-order valence-electron chi connectivity index (χ2n) is 2.52. The normalized spacial score (nSPS) is 10.2. The molecule has 2 N–H and O–H groups in total. The third kappa shape index (κ3) is 1.91. The Labute approximate surface area is 84.1 Å². The number of nitriles is 1. The molecule has 0 bridgehead atoms. The molecule has 0 radical (unpaired) electrons. The van der Waals surface area contributed by atoms with Gasteiger partial charge in [-0.25, -0.2) is 13.8 Å². The quantitative estimate of drug-likeness (QED) is 0.773. The van der Waals surface area contributed by atoms with Gasteiger partial charge in [-0.3, -0.25) is 0 Å². The zero-order valence-corrected chi connectivity index (χ0v) is 7.72. The predicted molar refractivity (Wildman–Crippen MR) is 47.9 cm³/mol. The second-order valence-corrected chi connectivity index (χ2v) is 2.78. The first-order valence-electron chi connectivity index (χ1n) is 3.63. The summed E-state index contributed by atoms with van der Waals surface area (Å²) in [6.07, 6.45) is -2.79. The number of halogens is 3. The Kier molecular flexibility index (Phi) is 3.20. The van der Waals surface area contributed by atoms with Crippen molar-refractivity contribution >= 4 is 17.3 Å². The van der Waals surface area contributed by atoms with Crippen molar-refractivity contribution in [2.45, 2.75) is 12.3 Å². The molecule has 74 valence electrons. The van der Waals surface area contributed by atoms with Gasteiger partial charge in [0.1, 0.15) is 17.5 Å². The number of anilines is 1. The summed E-state index contributed by atoms with van der Waals surface area (Å²) < 4.78 is 24.6. The minimum atomic E-state index is -2.79. The Hall–Kier alpha value is -1.41. The zero-order chi connectivity index (χ0) is 10.7. The van der Waals surface area contributed by atoms with Gasteiger partial charge in [0.15, 0.2) is 0 Å². The molecule has 1 rings (SSSR count). The molecule has 0 saturated heterocycles. The van der Waals surface area contributed by atoms with Crippen molar-refractivity contribution in [3.63, 3.8) is 0 Å². The van der Waals surface area contributed by atoms with E-state index in [2.05, 4.69) is 4.98 Å². The van der Waals surface area contributed by atoms with Crippen LogP contribution in [0.25, 0.3) is 0 Å². The van der Waals surface area contributed by atoms with Gasteiger partial charge in [-0.1, -0.05) is 0 Å². The zero-order valence-electron chi connectivity index (χ0n) is 6.97. The third-order valence-electron chi connectivity index (χ3n) is 1.62. The SMILES string of the molecule is N#Cc1nc(C(F)F)c(N)cc1CCl. The summed E-state index contributed by atoms with van der Waals surface area (Å²) in [6, 6.07) is 2.93. The lowest BCUT2D eigenvalue weighted by Crippen LogP contribution is -2.03. The first kappa shape index (κ1) is 10.7. The number of aromatic nitrogens is 1. The van der Waals surface area contributed by atoms with Gasteiger partial charge < -0.3 is 5.73 Å². The van der Waals surface area contributed by atoms with Crippen LogP contribution in [0.1, 0.15) is 23.4 Å². The van der Waals surface area contributed by atoms with Gasteiger partial charge >= 0.3 is 0 Å². The highest BCUT2D eigenvalue weighted by Crippen LogP contribution is 2.25. The summed E-state index contributed by atoms with van der Waals surface area (Å²) in [5.41, 5.74) is 4.84. The molecule has 0 aliphatic rings. The van der Waals surface area contributed by atoms with Crippen molar-refractivity contribution in [1.82, 2.24) is 4.98 Å². The maximum absolute atomic E-state index is 12.3. The number of pyridine rings is 1. The molecule has 0 spiro atoms. The lowest BCUT2D eigenvalue weighted by molar-refractivity contribution is 0.147. The van der Waals surface area contributed by atoms with E-state index in [4.69, 9.17) is 22.6 Å². The lowest BCUT2D eigenvalue weighted by Gasteiger charge is -2.06. The van der Waals surface area contributed by atoms with Crippen LogP contribution in [0.4, 0.5) is 14.5 Å². The highest BCUT2D eigenvalue weighted by atomic mass is 35.5. The Morgan fingerprint density at radius 3 is 2.71 bits per heavy atom. The molecule has 3 nitrogen and oxygen atoms in total. The van der Waals surface area contributed by atoms with Crippen LogP contribution >= 0.6 is 11.6 Å². The van der Waals surface area contributed by atoms with Gasteiger partial charge in [0.25, 0.3) is 6.43 Å². The summed E-state index contributed by atoms with van der Waals surface area (Å²) in [5, 5.41) is 8.59. The van der Waals surface area contributed by atoms with Gasteiger partial charge in [0, 0.05) is 5.56 Å². The first-order valence-corrected chi connectivity index (χ1v) is 4.17. The number of nitrogens with zero attached hydrogens (tertiary/aromatic N) is 2. The molecule has 0 aromatic carbocycles. The van der Waals surface area contributed by atoms with E-state index in [9.17, 15) is 8.78 Å². The number of hydrogen-bond acceptors (Lipinski definition) is 3. The predicted octanol–water partition coefficient (Wildman–Crippen LogP) is 2.21. The van der Waals surface area contributed by atoms with E-state index in [-0.39, 0.29) is 17.3 Å². The number of nitrogens with two attached hydrogens (primary N) is 1. The Morgan fingerprint density at radius 2 is 2.29 bits per heavy atom. The van der Waals surface area contributed by atoms with E-state index in [1.807, 2.05) is 0 Å². The Morgan fingerprint density at radius 1 is 1.64 bits per heavy atom. The summed E-state index contributed by atoms with van der Waals surface area (Å²) in [4.78, 5) is 3.44. The number of rotatable bonds is 2. The van der Waals surface area contributed by atoms with Crippen LogP contribution < -0.4 is 5.73 Å². The largest absolute Gasteiger partial charge is 0.397 e.